The van der Waals surface area contributed by atoms with E-state index >= 15 is 0 Å². The van der Waals surface area contributed by atoms with Crippen molar-refractivity contribution in [1.82, 2.24) is 10.2 Å². The fraction of sp³-hybridized carbons (Fsp3) is 0.667. The first-order valence-corrected chi connectivity index (χ1v) is 8.56. The second-order valence-electron chi connectivity index (χ2n) is 6.37. The van der Waals surface area contributed by atoms with Gasteiger partial charge in [0.15, 0.2) is 0 Å². The number of nitrogens with zero attached hydrogens (tertiary/aromatic N) is 1. The maximum Gasteiger partial charge on any atom is 0.119 e. The summed E-state index contributed by atoms with van der Waals surface area (Å²) >= 11 is 0. The molecular formula is C18H28N2O. The third-order valence-electron chi connectivity index (χ3n) is 4.98. The molecule has 3 nitrogen and oxygen atoms in total. The second-order valence-corrected chi connectivity index (χ2v) is 6.37. The lowest BCUT2D eigenvalue weighted by Gasteiger charge is -2.42. The normalized spacial score (nSPS) is 24.9. The molecule has 116 valence electrons. The highest BCUT2D eigenvalue weighted by atomic mass is 16.5. The van der Waals surface area contributed by atoms with Crippen molar-refractivity contribution in [3.8, 4) is 5.75 Å². The van der Waals surface area contributed by atoms with Gasteiger partial charge >= 0.3 is 0 Å². The van der Waals surface area contributed by atoms with Gasteiger partial charge < -0.3 is 10.1 Å². The first-order chi connectivity index (χ1) is 10.4. The highest BCUT2D eigenvalue weighted by molar-refractivity contribution is 5.20. The van der Waals surface area contributed by atoms with Gasteiger partial charge in [-0.05, 0) is 30.9 Å². The predicted octanol–water partition coefficient (Wildman–Crippen LogP) is 2.92. The van der Waals surface area contributed by atoms with Crippen LogP contribution in [0.15, 0.2) is 30.3 Å². The van der Waals surface area contributed by atoms with E-state index in [0.717, 1.165) is 44.0 Å². The van der Waals surface area contributed by atoms with Gasteiger partial charge in [0.1, 0.15) is 12.4 Å². The summed E-state index contributed by atoms with van der Waals surface area (Å²) in [4.78, 5) is 2.66. The first kappa shape index (κ1) is 14.9. The topological polar surface area (TPSA) is 24.5 Å². The molecule has 1 aromatic carbocycles. The monoisotopic (exact) mass is 288 g/mol. The lowest BCUT2D eigenvalue weighted by atomic mass is 9.82. The van der Waals surface area contributed by atoms with Crippen LogP contribution in [0.5, 0.6) is 5.75 Å². The lowest BCUT2D eigenvalue weighted by Crippen LogP contribution is -2.55. The first-order valence-electron chi connectivity index (χ1n) is 8.56. The number of nitrogens with one attached hydrogen (secondary N) is 1. The maximum absolute atomic E-state index is 5.88. The fourth-order valence-corrected chi connectivity index (χ4v) is 3.83. The fourth-order valence-electron chi connectivity index (χ4n) is 3.83. The minimum Gasteiger partial charge on any atom is -0.492 e. The molecule has 0 aromatic heterocycles. The zero-order chi connectivity index (χ0) is 14.3. The molecule has 2 aliphatic rings. The maximum atomic E-state index is 5.88. The molecule has 1 saturated carbocycles. The van der Waals surface area contributed by atoms with Gasteiger partial charge in [0.25, 0.3) is 0 Å². The van der Waals surface area contributed by atoms with Crippen LogP contribution in [0, 0.1) is 5.92 Å². The summed E-state index contributed by atoms with van der Waals surface area (Å²) in [6, 6.07) is 10.9. The summed E-state index contributed by atoms with van der Waals surface area (Å²) in [5, 5.41) is 3.59. The number of hydrogen-bond donors (Lipinski definition) is 1. The summed E-state index contributed by atoms with van der Waals surface area (Å²) in [6.07, 6.45) is 7.13. The van der Waals surface area contributed by atoms with Crippen molar-refractivity contribution in [2.24, 2.45) is 5.92 Å². The van der Waals surface area contributed by atoms with E-state index in [9.17, 15) is 0 Å². The van der Waals surface area contributed by atoms with Crippen molar-refractivity contribution < 1.29 is 4.74 Å². The minimum absolute atomic E-state index is 0.721. The lowest BCUT2D eigenvalue weighted by molar-refractivity contribution is 0.0786. The van der Waals surface area contributed by atoms with Crippen LogP contribution < -0.4 is 10.1 Å². The Morgan fingerprint density at radius 3 is 2.71 bits per heavy atom. The molecule has 1 atom stereocenters. The molecule has 1 aliphatic heterocycles. The van der Waals surface area contributed by atoms with Gasteiger partial charge in [-0.3, -0.25) is 4.90 Å². The SMILES string of the molecule is c1ccc(OCCN2CCNCC2C2CCCCC2)cc1. The van der Waals surface area contributed by atoms with E-state index in [1.54, 1.807) is 0 Å². The number of piperazine rings is 1. The number of hydrogen-bond acceptors (Lipinski definition) is 3. The third-order valence-corrected chi connectivity index (χ3v) is 4.98. The molecule has 3 heteroatoms. The van der Waals surface area contributed by atoms with Crippen molar-refractivity contribution in [1.29, 1.82) is 0 Å². The molecule has 3 rings (SSSR count). The Labute approximate surface area is 128 Å². The smallest absolute Gasteiger partial charge is 0.119 e. The van der Waals surface area contributed by atoms with Crippen LogP contribution >= 0.6 is 0 Å². The number of rotatable bonds is 5. The van der Waals surface area contributed by atoms with Crippen LogP contribution in [-0.2, 0) is 0 Å². The van der Waals surface area contributed by atoms with Gasteiger partial charge in [-0.25, -0.2) is 0 Å². The van der Waals surface area contributed by atoms with Gasteiger partial charge in [-0.2, -0.15) is 0 Å². The highest BCUT2D eigenvalue weighted by Gasteiger charge is 2.30. The number of para-hydroxylation sites is 1. The minimum atomic E-state index is 0.721. The molecule has 1 aromatic rings. The Hall–Kier alpha value is -1.06. The average molecular weight is 288 g/mol. The molecule has 0 amide bonds. The van der Waals surface area contributed by atoms with Crippen LogP contribution in [0.1, 0.15) is 32.1 Å². The summed E-state index contributed by atoms with van der Waals surface area (Å²) in [6.45, 7) is 5.30. The van der Waals surface area contributed by atoms with Crippen LogP contribution in [0.4, 0.5) is 0 Å². The Bertz CT molecular complexity index is 403. The Balaban J connectivity index is 1.49. The van der Waals surface area contributed by atoms with Gasteiger partial charge in [0, 0.05) is 32.2 Å². The molecule has 1 saturated heterocycles. The van der Waals surface area contributed by atoms with E-state index in [2.05, 4.69) is 10.2 Å². The second kappa shape index (κ2) is 7.81. The Morgan fingerprint density at radius 2 is 1.90 bits per heavy atom. The zero-order valence-electron chi connectivity index (χ0n) is 13.0. The standard InChI is InChI=1S/C18H28N2O/c1-3-7-16(8-4-1)18-15-19-11-12-20(18)13-14-21-17-9-5-2-6-10-17/h2,5-6,9-10,16,18-19H,1,3-4,7-8,11-15H2. The molecule has 0 radical (unpaired) electrons. The van der Waals surface area contributed by atoms with Gasteiger partial charge in [0.05, 0.1) is 0 Å². The van der Waals surface area contributed by atoms with Crippen LogP contribution in [0.25, 0.3) is 0 Å². The third kappa shape index (κ3) is 4.21. The molecular weight excluding hydrogens is 260 g/mol. The van der Waals surface area contributed by atoms with Crippen molar-refractivity contribution in [3.05, 3.63) is 30.3 Å². The van der Waals surface area contributed by atoms with E-state index in [1.165, 1.54) is 38.6 Å². The molecule has 21 heavy (non-hydrogen) atoms. The van der Waals surface area contributed by atoms with Crippen LogP contribution in [0.2, 0.25) is 0 Å². The molecule has 1 heterocycles. The van der Waals surface area contributed by atoms with E-state index in [1.807, 2.05) is 30.3 Å². The molecule has 1 unspecified atom stereocenters. The molecule has 2 fully saturated rings. The van der Waals surface area contributed by atoms with Gasteiger partial charge in [0.2, 0.25) is 0 Å². The number of ether oxygens (including phenoxy) is 1. The van der Waals surface area contributed by atoms with Crippen LogP contribution in [0.3, 0.4) is 0 Å². The van der Waals surface area contributed by atoms with Crippen molar-refractivity contribution >= 4 is 0 Å². The summed E-state index contributed by atoms with van der Waals surface area (Å²) in [5.74, 6) is 1.88. The van der Waals surface area contributed by atoms with Crippen LogP contribution in [-0.4, -0.2) is 43.7 Å². The van der Waals surface area contributed by atoms with Crippen molar-refractivity contribution in [3.63, 3.8) is 0 Å². The molecule has 1 aliphatic carbocycles. The molecule has 0 spiro atoms. The van der Waals surface area contributed by atoms with E-state index in [-0.39, 0.29) is 0 Å². The predicted molar refractivity (Wildman–Crippen MR) is 86.7 cm³/mol. The van der Waals surface area contributed by atoms with Gasteiger partial charge in [-0.15, -0.1) is 0 Å². The van der Waals surface area contributed by atoms with Crippen molar-refractivity contribution in [2.75, 3.05) is 32.8 Å². The zero-order valence-corrected chi connectivity index (χ0v) is 13.0. The number of benzene rings is 1. The average Bonchev–Trinajstić information content (AvgIpc) is 2.57. The highest BCUT2D eigenvalue weighted by Crippen LogP contribution is 2.29. The Morgan fingerprint density at radius 1 is 1.10 bits per heavy atom. The summed E-state index contributed by atoms with van der Waals surface area (Å²) in [7, 11) is 0. The quantitative estimate of drug-likeness (QED) is 0.901. The van der Waals surface area contributed by atoms with E-state index < -0.39 is 0 Å². The van der Waals surface area contributed by atoms with E-state index in [0.29, 0.717) is 0 Å². The Kier molecular flexibility index (Phi) is 5.53. The largest absolute Gasteiger partial charge is 0.492 e. The van der Waals surface area contributed by atoms with Crippen molar-refractivity contribution in [2.45, 2.75) is 38.1 Å². The summed E-state index contributed by atoms with van der Waals surface area (Å²) < 4.78 is 5.88. The molecule has 1 N–H and O–H groups in total. The van der Waals surface area contributed by atoms with Gasteiger partial charge in [-0.1, -0.05) is 37.5 Å². The van der Waals surface area contributed by atoms with E-state index in [4.69, 9.17) is 4.74 Å². The molecule has 0 bridgehead atoms. The summed E-state index contributed by atoms with van der Waals surface area (Å²) in [5.41, 5.74) is 0.